The molecule has 0 aromatic rings. The Morgan fingerprint density at radius 2 is 1.73 bits per heavy atom. The first-order chi connectivity index (χ1) is 32.4. The zero-order chi connectivity index (χ0) is 47.2. The summed E-state index contributed by atoms with van der Waals surface area (Å²) >= 11 is 0. The van der Waals surface area contributed by atoms with Crippen molar-refractivity contribution in [1.29, 1.82) is 5.41 Å². The predicted octanol–water partition coefficient (Wildman–Crippen LogP) is 3.13. The number of nitrogens with one attached hydrogen (secondary N) is 4. The van der Waals surface area contributed by atoms with Crippen LogP contribution in [0.2, 0.25) is 0 Å². The summed E-state index contributed by atoms with van der Waals surface area (Å²) in [6, 6.07) is -1.32. The van der Waals surface area contributed by atoms with E-state index in [0.717, 1.165) is 108 Å². The molecule has 67 heavy (non-hydrogen) atoms. The number of carbonyl (C=O) groups excluding carboxylic acids is 4. The Labute approximate surface area is 393 Å². The minimum atomic E-state index is -2.69. The molecule has 8 rings (SSSR count). The number of imide groups is 1. The van der Waals surface area contributed by atoms with Crippen LogP contribution >= 0.6 is 0 Å². The number of aliphatic imine (C=N–C) groups is 1. The Bertz CT molecular complexity index is 2120. The number of alkyl halides is 2. The van der Waals surface area contributed by atoms with Gasteiger partial charge in [-0.25, -0.2) is 13.6 Å². The third-order valence-electron chi connectivity index (χ3n) is 15.2. The van der Waals surface area contributed by atoms with Crippen molar-refractivity contribution in [3.05, 3.63) is 70.1 Å². The van der Waals surface area contributed by atoms with Crippen molar-refractivity contribution < 1.29 is 28.0 Å². The third-order valence-corrected chi connectivity index (χ3v) is 15.2. The van der Waals surface area contributed by atoms with Crippen LogP contribution in [0.4, 0.5) is 13.6 Å². The maximum atomic E-state index is 14.5. The number of piperidine rings is 3. The lowest BCUT2D eigenvalue weighted by Gasteiger charge is -2.44. The molecule has 0 spiro atoms. The fraction of sp³-hybridized carbons (Fsp3) is 0.633. The number of amides is 5. The number of carbonyl (C=O) groups is 4. The summed E-state index contributed by atoms with van der Waals surface area (Å²) in [5.41, 5.74) is 9.80. The maximum Gasteiger partial charge on any atom is 0.321 e. The lowest BCUT2D eigenvalue weighted by molar-refractivity contribution is -0.137. The highest BCUT2D eigenvalue weighted by Gasteiger charge is 2.50. The topological polar surface area (TPSA) is 186 Å². The van der Waals surface area contributed by atoms with Gasteiger partial charge in [0, 0.05) is 139 Å². The molecule has 6 N–H and O–H groups in total. The number of hydrogen-bond donors (Lipinski definition) is 5. The molecule has 5 saturated heterocycles. The van der Waals surface area contributed by atoms with E-state index in [1.807, 2.05) is 28.0 Å². The lowest BCUT2D eigenvalue weighted by atomic mass is 9.78. The molecule has 6 aliphatic heterocycles. The minimum absolute atomic E-state index is 0.0263. The van der Waals surface area contributed by atoms with E-state index in [2.05, 4.69) is 36.8 Å². The van der Waals surface area contributed by atoms with Gasteiger partial charge in [-0.3, -0.25) is 30.1 Å². The summed E-state index contributed by atoms with van der Waals surface area (Å²) in [4.78, 5) is 67.6. The van der Waals surface area contributed by atoms with Crippen molar-refractivity contribution in [2.45, 2.75) is 107 Å². The van der Waals surface area contributed by atoms with E-state index in [1.165, 1.54) is 18.0 Å². The molecule has 5 atom stereocenters. The molecule has 18 heteroatoms. The predicted molar refractivity (Wildman–Crippen MR) is 254 cm³/mol. The molecule has 0 radical (unpaired) electrons. The molecule has 0 aromatic heterocycles. The Balaban J connectivity index is 0.746. The number of halogens is 2. The fourth-order valence-corrected chi connectivity index (χ4v) is 11.6. The Morgan fingerprint density at radius 1 is 0.985 bits per heavy atom. The summed E-state index contributed by atoms with van der Waals surface area (Å²) < 4.78 is 29.0. The molecule has 5 unspecified atom stereocenters. The molecule has 5 fully saturated rings. The van der Waals surface area contributed by atoms with E-state index in [0.29, 0.717) is 56.0 Å². The first-order valence-electron chi connectivity index (χ1n) is 24.6. The number of amidine groups is 1. The maximum absolute atomic E-state index is 14.5. The standard InChI is InChI=1S/C49H70F2N12O4/c1-54-30-34(29-52)36-27-33-9-5-20-62(42(33)28-37(36)46(50)51)47(53)38-31-55-17-14-39(38)56-35-15-21-61(22-16-35)44(65)11-6-19-60-25-23-59(24-26-60)18-4-8-32-7-3-10-40-45(32)58(2)49(67)63(40)41-12-13-43(64)57-48(41)66/h3,7,10,27-30,33,35,40-42,45-46,53,55-56H,4-6,8-9,11-26,31,52H2,1-2H3,(H,57,64,66). The summed E-state index contributed by atoms with van der Waals surface area (Å²) in [7, 11) is 3.40. The number of hydrogen-bond acceptors (Lipinski definition) is 11. The summed E-state index contributed by atoms with van der Waals surface area (Å²) in [5, 5.41) is 19.0. The second-order valence-electron chi connectivity index (χ2n) is 19.3. The first-order valence-corrected chi connectivity index (χ1v) is 24.6. The molecule has 0 aromatic carbocycles. The zero-order valence-corrected chi connectivity index (χ0v) is 39.2. The van der Waals surface area contributed by atoms with Gasteiger partial charge in [0.05, 0.1) is 18.1 Å². The van der Waals surface area contributed by atoms with E-state index in [9.17, 15) is 33.4 Å². The molecule has 16 nitrogen and oxygen atoms in total. The van der Waals surface area contributed by atoms with Gasteiger partial charge in [0.15, 0.2) is 0 Å². The average molecular weight is 929 g/mol. The van der Waals surface area contributed by atoms with Gasteiger partial charge in [0.25, 0.3) is 6.43 Å². The third kappa shape index (κ3) is 10.8. The number of nitrogens with zero attached hydrogens (tertiary/aromatic N) is 7. The van der Waals surface area contributed by atoms with Gasteiger partial charge >= 0.3 is 6.03 Å². The number of rotatable bonds is 15. The lowest BCUT2D eigenvalue weighted by Crippen LogP contribution is -2.55. The Morgan fingerprint density at radius 3 is 2.43 bits per heavy atom. The van der Waals surface area contributed by atoms with Crippen LogP contribution in [-0.4, -0.2) is 188 Å². The minimum Gasteiger partial charge on any atom is -0.404 e. The van der Waals surface area contributed by atoms with Crippen molar-refractivity contribution in [1.82, 2.24) is 45.3 Å². The molecule has 364 valence electrons. The second-order valence-corrected chi connectivity index (χ2v) is 19.3. The van der Waals surface area contributed by atoms with Crippen molar-refractivity contribution in [3.63, 3.8) is 0 Å². The van der Waals surface area contributed by atoms with Crippen LogP contribution in [0.3, 0.4) is 0 Å². The SMILES string of the molecule is CN=CC(=CN)C1=CC2CCCN(C(=N)C3=C(NC4CCN(C(=O)CCCN5CCN(CCCC6=CC=CC7C6N(C)C(=O)N7C6CCC(=O)NC6=O)CC5)CC4)CCNC3)C2C=C1C(F)F. The molecule has 8 aliphatic rings. The fourth-order valence-electron chi connectivity index (χ4n) is 11.6. The van der Waals surface area contributed by atoms with E-state index in [1.54, 1.807) is 30.0 Å². The molecule has 0 saturated carbocycles. The molecule has 5 amide bonds. The smallest absolute Gasteiger partial charge is 0.321 e. The van der Waals surface area contributed by atoms with Crippen LogP contribution in [0.15, 0.2) is 75.1 Å². The van der Waals surface area contributed by atoms with Crippen LogP contribution in [-0.2, 0) is 14.4 Å². The number of piperazine rings is 1. The van der Waals surface area contributed by atoms with Gasteiger partial charge < -0.3 is 45.8 Å². The number of likely N-dealkylation sites (tertiary alicyclic amines) is 2. The van der Waals surface area contributed by atoms with E-state index in [4.69, 9.17) is 5.73 Å². The largest absolute Gasteiger partial charge is 0.404 e. The van der Waals surface area contributed by atoms with Crippen molar-refractivity contribution in [3.8, 4) is 0 Å². The van der Waals surface area contributed by atoms with Crippen LogP contribution in [0.5, 0.6) is 0 Å². The van der Waals surface area contributed by atoms with Gasteiger partial charge in [-0.2, -0.15) is 0 Å². The van der Waals surface area contributed by atoms with Crippen LogP contribution in [0.1, 0.15) is 70.6 Å². The molecular formula is C49H70F2N12O4. The summed E-state index contributed by atoms with van der Waals surface area (Å²) in [6.45, 7) is 9.10. The number of nitrogens with two attached hydrogens (primary N) is 1. The van der Waals surface area contributed by atoms with Gasteiger partial charge in [-0.05, 0) is 75.6 Å². The van der Waals surface area contributed by atoms with Crippen LogP contribution in [0, 0.1) is 11.3 Å². The van der Waals surface area contributed by atoms with Crippen molar-refractivity contribution >= 4 is 35.8 Å². The van der Waals surface area contributed by atoms with E-state index in [-0.39, 0.29) is 59.9 Å². The molecular weight excluding hydrogens is 859 g/mol. The van der Waals surface area contributed by atoms with Gasteiger partial charge in [-0.1, -0.05) is 30.4 Å². The van der Waals surface area contributed by atoms with Crippen molar-refractivity contribution in [2.75, 3.05) is 86.1 Å². The molecule has 6 heterocycles. The highest BCUT2D eigenvalue weighted by atomic mass is 19.3. The second kappa shape index (κ2) is 21.8. The van der Waals surface area contributed by atoms with Gasteiger partial charge in [-0.15, -0.1) is 0 Å². The van der Waals surface area contributed by atoms with Crippen LogP contribution < -0.4 is 21.7 Å². The molecule has 0 bridgehead atoms. The quantitative estimate of drug-likeness (QED) is 0.0929. The van der Waals surface area contributed by atoms with Gasteiger partial charge in [0.1, 0.15) is 11.9 Å². The van der Waals surface area contributed by atoms with Crippen LogP contribution in [0.25, 0.3) is 0 Å². The highest BCUT2D eigenvalue weighted by Crippen LogP contribution is 2.39. The average Bonchev–Trinajstić information content (AvgIpc) is 3.59. The number of fused-ring (bicyclic) bond motifs is 2. The zero-order valence-electron chi connectivity index (χ0n) is 39.2. The highest BCUT2D eigenvalue weighted by molar-refractivity contribution is 6.02. The number of allylic oxidation sites excluding steroid dienone is 5. The summed E-state index contributed by atoms with van der Waals surface area (Å²) in [6.07, 6.45) is 17.7. The Hall–Kier alpha value is -5.20. The summed E-state index contributed by atoms with van der Waals surface area (Å²) in [5.74, 6) is -0.116. The normalized spacial score (nSPS) is 28.2. The number of likely N-dealkylation sites (N-methyl/N-ethyl adjacent to an activating group) is 1. The number of urea groups is 1. The van der Waals surface area contributed by atoms with Crippen molar-refractivity contribution in [2.24, 2.45) is 16.6 Å². The monoisotopic (exact) mass is 929 g/mol. The van der Waals surface area contributed by atoms with E-state index < -0.39 is 18.4 Å². The molecule has 2 aliphatic carbocycles. The van der Waals surface area contributed by atoms with E-state index >= 15 is 0 Å². The first kappa shape index (κ1) is 48.3. The Kier molecular flexibility index (Phi) is 15.7. The van der Waals surface area contributed by atoms with Gasteiger partial charge in [0.2, 0.25) is 17.7 Å².